The number of amides is 2. The minimum atomic E-state index is -4.56. The van der Waals surface area contributed by atoms with Gasteiger partial charge in [-0.1, -0.05) is 11.6 Å². The molecule has 3 nitrogen and oxygen atoms in total. The summed E-state index contributed by atoms with van der Waals surface area (Å²) in [5, 5.41) is 1.59. The monoisotopic (exact) mass is 238 g/mol. The summed E-state index contributed by atoms with van der Waals surface area (Å²) in [6.45, 7) is 0. The summed E-state index contributed by atoms with van der Waals surface area (Å²) in [4.78, 5) is 10.4. The SMILES string of the molecule is NC(=O)Nc1ccc(Cl)c(C(F)(F)F)c1. The fourth-order valence-electron chi connectivity index (χ4n) is 0.963. The van der Waals surface area contributed by atoms with E-state index in [9.17, 15) is 18.0 Å². The maximum Gasteiger partial charge on any atom is 0.417 e. The van der Waals surface area contributed by atoms with Gasteiger partial charge in [0.15, 0.2) is 0 Å². The topological polar surface area (TPSA) is 55.1 Å². The molecule has 0 fully saturated rings. The molecule has 0 spiro atoms. The standard InChI is InChI=1S/C8H6ClF3N2O/c9-6-2-1-4(14-7(13)15)3-5(6)8(10,11)12/h1-3H,(H3,13,14,15). The summed E-state index contributed by atoms with van der Waals surface area (Å²) in [6, 6.07) is 2.04. The molecular weight excluding hydrogens is 233 g/mol. The molecular formula is C8H6ClF3N2O. The van der Waals surface area contributed by atoms with E-state index in [4.69, 9.17) is 17.3 Å². The molecule has 1 aromatic carbocycles. The van der Waals surface area contributed by atoms with Crippen LogP contribution in [0, 0.1) is 0 Å². The van der Waals surface area contributed by atoms with Gasteiger partial charge in [-0.25, -0.2) is 4.79 Å². The van der Waals surface area contributed by atoms with Gasteiger partial charge in [0.1, 0.15) is 0 Å². The second kappa shape index (κ2) is 3.98. The number of carbonyl (C=O) groups is 1. The van der Waals surface area contributed by atoms with Crippen LogP contribution in [-0.2, 0) is 6.18 Å². The van der Waals surface area contributed by atoms with Crippen LogP contribution in [0.15, 0.2) is 18.2 Å². The van der Waals surface area contributed by atoms with E-state index in [1.807, 2.05) is 5.32 Å². The third-order valence-corrected chi connectivity index (χ3v) is 1.87. The van der Waals surface area contributed by atoms with Crippen molar-refractivity contribution >= 4 is 23.3 Å². The van der Waals surface area contributed by atoms with Crippen molar-refractivity contribution in [2.24, 2.45) is 5.73 Å². The van der Waals surface area contributed by atoms with Crippen LogP contribution in [0.1, 0.15) is 5.56 Å². The lowest BCUT2D eigenvalue weighted by molar-refractivity contribution is -0.137. The Morgan fingerprint density at radius 3 is 2.47 bits per heavy atom. The number of hydrogen-bond acceptors (Lipinski definition) is 1. The molecule has 7 heteroatoms. The Kier molecular flexibility index (Phi) is 3.09. The lowest BCUT2D eigenvalue weighted by Gasteiger charge is -2.10. The minimum Gasteiger partial charge on any atom is -0.351 e. The molecule has 0 unspecified atom stereocenters. The van der Waals surface area contributed by atoms with E-state index in [0.29, 0.717) is 6.07 Å². The first-order valence-electron chi connectivity index (χ1n) is 3.74. The smallest absolute Gasteiger partial charge is 0.351 e. The molecule has 0 aromatic heterocycles. The van der Waals surface area contributed by atoms with Crippen molar-refractivity contribution in [1.29, 1.82) is 0 Å². The molecule has 0 aliphatic rings. The highest BCUT2D eigenvalue weighted by Crippen LogP contribution is 2.36. The molecule has 1 rings (SSSR count). The number of rotatable bonds is 1. The first-order chi connectivity index (χ1) is 6.80. The summed E-state index contributed by atoms with van der Waals surface area (Å²) in [5.41, 5.74) is 3.68. The number of primary amides is 1. The summed E-state index contributed by atoms with van der Waals surface area (Å²) in [5.74, 6) is 0. The van der Waals surface area contributed by atoms with Crippen molar-refractivity contribution in [3.05, 3.63) is 28.8 Å². The molecule has 0 aliphatic carbocycles. The van der Waals surface area contributed by atoms with E-state index >= 15 is 0 Å². The van der Waals surface area contributed by atoms with Crippen molar-refractivity contribution in [1.82, 2.24) is 0 Å². The maximum atomic E-state index is 12.3. The molecule has 0 saturated carbocycles. The van der Waals surface area contributed by atoms with Gasteiger partial charge in [-0.3, -0.25) is 0 Å². The molecule has 1 aromatic rings. The third kappa shape index (κ3) is 3.02. The Morgan fingerprint density at radius 2 is 2.00 bits per heavy atom. The highest BCUT2D eigenvalue weighted by Gasteiger charge is 2.33. The average molecular weight is 239 g/mol. The van der Waals surface area contributed by atoms with Gasteiger partial charge in [0.05, 0.1) is 10.6 Å². The molecule has 0 atom stereocenters. The molecule has 0 heterocycles. The number of halogens is 4. The number of benzene rings is 1. The molecule has 0 bridgehead atoms. The van der Waals surface area contributed by atoms with Crippen molar-refractivity contribution in [2.45, 2.75) is 6.18 Å². The van der Waals surface area contributed by atoms with Crippen molar-refractivity contribution in [3.63, 3.8) is 0 Å². The van der Waals surface area contributed by atoms with E-state index in [0.717, 1.165) is 6.07 Å². The zero-order valence-corrected chi connectivity index (χ0v) is 7.99. The fraction of sp³-hybridized carbons (Fsp3) is 0.125. The lowest BCUT2D eigenvalue weighted by atomic mass is 10.2. The van der Waals surface area contributed by atoms with E-state index in [1.165, 1.54) is 6.07 Å². The maximum absolute atomic E-state index is 12.3. The highest BCUT2D eigenvalue weighted by molar-refractivity contribution is 6.31. The number of carbonyl (C=O) groups excluding carboxylic acids is 1. The van der Waals surface area contributed by atoms with E-state index in [-0.39, 0.29) is 5.69 Å². The van der Waals surface area contributed by atoms with Gasteiger partial charge < -0.3 is 11.1 Å². The van der Waals surface area contributed by atoms with Crippen LogP contribution >= 0.6 is 11.6 Å². The Morgan fingerprint density at radius 1 is 1.40 bits per heavy atom. The quantitative estimate of drug-likeness (QED) is 0.777. The van der Waals surface area contributed by atoms with E-state index in [1.54, 1.807) is 0 Å². The summed E-state index contributed by atoms with van der Waals surface area (Å²) in [6.07, 6.45) is -4.56. The zero-order chi connectivity index (χ0) is 11.6. The van der Waals surface area contributed by atoms with Gasteiger partial charge in [-0.05, 0) is 18.2 Å². The van der Waals surface area contributed by atoms with Crippen LogP contribution < -0.4 is 11.1 Å². The lowest BCUT2D eigenvalue weighted by Crippen LogP contribution is -2.19. The van der Waals surface area contributed by atoms with Gasteiger partial charge in [0.25, 0.3) is 0 Å². The number of alkyl halides is 3. The van der Waals surface area contributed by atoms with E-state index < -0.39 is 22.8 Å². The fourth-order valence-corrected chi connectivity index (χ4v) is 1.19. The minimum absolute atomic E-state index is 0.0563. The van der Waals surface area contributed by atoms with Gasteiger partial charge in [-0.15, -0.1) is 0 Å². The van der Waals surface area contributed by atoms with Crippen LogP contribution in [0.25, 0.3) is 0 Å². The number of hydrogen-bond donors (Lipinski definition) is 2. The first kappa shape index (κ1) is 11.6. The number of urea groups is 1. The first-order valence-corrected chi connectivity index (χ1v) is 4.11. The van der Waals surface area contributed by atoms with Crippen LogP contribution in [0.5, 0.6) is 0 Å². The van der Waals surface area contributed by atoms with Crippen LogP contribution in [0.3, 0.4) is 0 Å². The van der Waals surface area contributed by atoms with Crippen LogP contribution in [-0.4, -0.2) is 6.03 Å². The second-order valence-corrected chi connectivity index (χ2v) is 3.09. The van der Waals surface area contributed by atoms with Crippen LogP contribution in [0.2, 0.25) is 5.02 Å². The average Bonchev–Trinajstić information content (AvgIpc) is 2.05. The Hall–Kier alpha value is -1.43. The normalized spacial score (nSPS) is 11.2. The molecule has 3 N–H and O–H groups in total. The van der Waals surface area contributed by atoms with Crippen molar-refractivity contribution in [3.8, 4) is 0 Å². The zero-order valence-electron chi connectivity index (χ0n) is 7.23. The molecule has 0 saturated heterocycles. The van der Waals surface area contributed by atoms with Crippen LogP contribution in [0.4, 0.5) is 23.7 Å². The summed E-state index contributed by atoms with van der Waals surface area (Å²) in [7, 11) is 0. The predicted molar refractivity (Wildman–Crippen MR) is 49.7 cm³/mol. The Bertz CT molecular complexity index is 392. The van der Waals surface area contributed by atoms with Crippen molar-refractivity contribution < 1.29 is 18.0 Å². The van der Waals surface area contributed by atoms with Crippen molar-refractivity contribution in [2.75, 3.05) is 5.32 Å². The van der Waals surface area contributed by atoms with Gasteiger partial charge >= 0.3 is 12.2 Å². The summed E-state index contributed by atoms with van der Waals surface area (Å²) < 4.78 is 37.0. The molecule has 0 radical (unpaired) electrons. The number of nitrogens with one attached hydrogen (secondary N) is 1. The van der Waals surface area contributed by atoms with Gasteiger partial charge in [0, 0.05) is 5.69 Å². The van der Waals surface area contributed by atoms with Gasteiger partial charge in [-0.2, -0.15) is 13.2 Å². The summed E-state index contributed by atoms with van der Waals surface area (Å²) >= 11 is 5.35. The number of nitrogens with two attached hydrogens (primary N) is 1. The Balaban J connectivity index is 3.11. The predicted octanol–water partition coefficient (Wildman–Crippen LogP) is 2.85. The molecule has 2 amide bonds. The highest BCUT2D eigenvalue weighted by atomic mass is 35.5. The second-order valence-electron chi connectivity index (χ2n) is 2.68. The molecule has 82 valence electrons. The Labute approximate surface area is 88.0 Å². The third-order valence-electron chi connectivity index (χ3n) is 1.54. The number of anilines is 1. The largest absolute Gasteiger partial charge is 0.417 e. The molecule has 0 aliphatic heterocycles. The van der Waals surface area contributed by atoms with E-state index in [2.05, 4.69) is 0 Å². The molecule has 15 heavy (non-hydrogen) atoms. The van der Waals surface area contributed by atoms with Gasteiger partial charge in [0.2, 0.25) is 0 Å².